The van der Waals surface area contributed by atoms with E-state index < -0.39 is 17.4 Å². The molecule has 1 saturated carbocycles. The molecule has 0 aliphatic heterocycles. The standard InChI is InChI=1S/C10H16O4/c1-6-5-7(8(11)12)3-4-10(6,2)9(13)14/h6-7H,3-5H2,1-2H3,(H,11,12)(H,13,14)/t6-,7?,10-/m1/s1. The molecule has 14 heavy (non-hydrogen) atoms. The zero-order valence-corrected chi connectivity index (χ0v) is 8.49. The van der Waals surface area contributed by atoms with Gasteiger partial charge in [0, 0.05) is 0 Å². The van der Waals surface area contributed by atoms with Gasteiger partial charge in [-0.1, -0.05) is 6.92 Å². The molecular weight excluding hydrogens is 184 g/mol. The van der Waals surface area contributed by atoms with Crippen LogP contribution in [0, 0.1) is 17.3 Å². The van der Waals surface area contributed by atoms with Crippen molar-refractivity contribution in [3.05, 3.63) is 0 Å². The first kappa shape index (κ1) is 11.0. The highest BCUT2D eigenvalue weighted by atomic mass is 16.4. The number of hydrogen-bond donors (Lipinski definition) is 2. The van der Waals surface area contributed by atoms with Crippen LogP contribution in [-0.4, -0.2) is 22.2 Å². The van der Waals surface area contributed by atoms with E-state index in [4.69, 9.17) is 10.2 Å². The molecule has 3 atom stereocenters. The Morgan fingerprint density at radius 3 is 2.29 bits per heavy atom. The van der Waals surface area contributed by atoms with Gasteiger partial charge in [0.2, 0.25) is 0 Å². The highest BCUT2D eigenvalue weighted by molar-refractivity contribution is 5.76. The fourth-order valence-electron chi connectivity index (χ4n) is 2.07. The van der Waals surface area contributed by atoms with Gasteiger partial charge in [-0.3, -0.25) is 9.59 Å². The Balaban J connectivity index is 2.74. The van der Waals surface area contributed by atoms with Crippen LogP contribution in [-0.2, 0) is 9.59 Å². The molecule has 0 saturated heterocycles. The molecule has 4 heteroatoms. The van der Waals surface area contributed by atoms with Crippen LogP contribution < -0.4 is 0 Å². The number of rotatable bonds is 2. The van der Waals surface area contributed by atoms with Crippen molar-refractivity contribution in [2.75, 3.05) is 0 Å². The molecule has 2 N–H and O–H groups in total. The molecule has 0 spiro atoms. The van der Waals surface area contributed by atoms with Crippen LogP contribution in [0.5, 0.6) is 0 Å². The Labute approximate surface area is 82.9 Å². The van der Waals surface area contributed by atoms with Crippen molar-refractivity contribution < 1.29 is 19.8 Å². The molecule has 0 aromatic carbocycles. The third-order valence-corrected chi connectivity index (χ3v) is 3.58. The highest BCUT2D eigenvalue weighted by Gasteiger charge is 2.44. The molecular formula is C10H16O4. The van der Waals surface area contributed by atoms with E-state index in [0.29, 0.717) is 19.3 Å². The van der Waals surface area contributed by atoms with E-state index in [0.717, 1.165) is 0 Å². The molecule has 0 heterocycles. The van der Waals surface area contributed by atoms with Gasteiger partial charge in [0.05, 0.1) is 11.3 Å². The lowest BCUT2D eigenvalue weighted by Gasteiger charge is -2.38. The maximum Gasteiger partial charge on any atom is 0.309 e. The number of carboxylic acid groups (broad SMARTS) is 2. The summed E-state index contributed by atoms with van der Waals surface area (Å²) in [6, 6.07) is 0. The first-order valence-electron chi connectivity index (χ1n) is 4.84. The van der Waals surface area contributed by atoms with Crippen molar-refractivity contribution in [2.45, 2.75) is 33.1 Å². The first-order chi connectivity index (χ1) is 6.38. The van der Waals surface area contributed by atoms with Gasteiger partial charge >= 0.3 is 11.9 Å². The average molecular weight is 200 g/mol. The van der Waals surface area contributed by atoms with Gasteiger partial charge in [-0.25, -0.2) is 0 Å². The highest BCUT2D eigenvalue weighted by Crippen LogP contribution is 2.43. The second-order valence-electron chi connectivity index (χ2n) is 4.43. The minimum atomic E-state index is -0.811. The minimum Gasteiger partial charge on any atom is -0.481 e. The van der Waals surface area contributed by atoms with Gasteiger partial charge in [-0.05, 0) is 32.1 Å². The molecule has 0 amide bonds. The van der Waals surface area contributed by atoms with Gasteiger partial charge in [0.25, 0.3) is 0 Å². The van der Waals surface area contributed by atoms with Gasteiger partial charge < -0.3 is 10.2 Å². The average Bonchev–Trinajstić information content (AvgIpc) is 2.09. The lowest BCUT2D eigenvalue weighted by atomic mass is 9.65. The molecule has 1 aliphatic carbocycles. The Kier molecular flexibility index (Phi) is 2.83. The van der Waals surface area contributed by atoms with Crippen LogP contribution in [0.15, 0.2) is 0 Å². The molecule has 1 fully saturated rings. The van der Waals surface area contributed by atoms with Gasteiger partial charge in [0.15, 0.2) is 0 Å². The topological polar surface area (TPSA) is 74.6 Å². The predicted molar refractivity (Wildman–Crippen MR) is 49.9 cm³/mol. The van der Waals surface area contributed by atoms with Crippen molar-refractivity contribution in [2.24, 2.45) is 17.3 Å². The van der Waals surface area contributed by atoms with Crippen LogP contribution in [0.4, 0.5) is 0 Å². The van der Waals surface area contributed by atoms with Gasteiger partial charge in [-0.2, -0.15) is 0 Å². The maximum atomic E-state index is 11.0. The van der Waals surface area contributed by atoms with Crippen LogP contribution in [0.25, 0.3) is 0 Å². The van der Waals surface area contributed by atoms with Crippen molar-refractivity contribution in [1.82, 2.24) is 0 Å². The second-order valence-corrected chi connectivity index (χ2v) is 4.43. The molecule has 0 aromatic rings. The molecule has 0 aromatic heterocycles. The zero-order valence-electron chi connectivity index (χ0n) is 8.49. The smallest absolute Gasteiger partial charge is 0.309 e. The van der Waals surface area contributed by atoms with E-state index in [2.05, 4.69) is 0 Å². The summed E-state index contributed by atoms with van der Waals surface area (Å²) in [7, 11) is 0. The SMILES string of the molecule is C[C@@H]1CC(C(=O)O)CC[C@@]1(C)C(=O)O. The van der Waals surface area contributed by atoms with Crippen molar-refractivity contribution in [1.29, 1.82) is 0 Å². The summed E-state index contributed by atoms with van der Waals surface area (Å²) in [5, 5.41) is 17.9. The quantitative estimate of drug-likeness (QED) is 0.710. The van der Waals surface area contributed by atoms with E-state index in [9.17, 15) is 9.59 Å². The van der Waals surface area contributed by atoms with E-state index in [1.54, 1.807) is 6.92 Å². The number of hydrogen-bond acceptors (Lipinski definition) is 2. The summed E-state index contributed by atoms with van der Waals surface area (Å²) in [4.78, 5) is 21.7. The maximum absolute atomic E-state index is 11.0. The second kappa shape index (κ2) is 3.59. The number of carbonyl (C=O) groups is 2. The predicted octanol–water partition coefficient (Wildman–Crippen LogP) is 1.60. The Bertz CT molecular complexity index is 261. The van der Waals surface area contributed by atoms with E-state index >= 15 is 0 Å². The normalized spacial score (nSPS) is 37.9. The summed E-state index contributed by atoms with van der Waals surface area (Å²) < 4.78 is 0. The monoisotopic (exact) mass is 200 g/mol. The summed E-state index contributed by atoms with van der Waals surface area (Å²) >= 11 is 0. The van der Waals surface area contributed by atoms with Crippen molar-refractivity contribution in [3.8, 4) is 0 Å². The molecule has 4 nitrogen and oxygen atoms in total. The largest absolute Gasteiger partial charge is 0.481 e. The third-order valence-electron chi connectivity index (χ3n) is 3.58. The lowest BCUT2D eigenvalue weighted by molar-refractivity contribution is -0.158. The summed E-state index contributed by atoms with van der Waals surface area (Å²) in [6.45, 7) is 3.53. The van der Waals surface area contributed by atoms with Crippen LogP contribution in [0.2, 0.25) is 0 Å². The molecule has 80 valence electrons. The fourth-order valence-corrected chi connectivity index (χ4v) is 2.07. The Morgan fingerprint density at radius 2 is 1.93 bits per heavy atom. The van der Waals surface area contributed by atoms with Gasteiger partial charge in [-0.15, -0.1) is 0 Å². The number of carboxylic acids is 2. The van der Waals surface area contributed by atoms with Crippen LogP contribution in [0.1, 0.15) is 33.1 Å². The molecule has 0 bridgehead atoms. The zero-order chi connectivity index (χ0) is 10.9. The molecule has 1 rings (SSSR count). The summed E-state index contributed by atoms with van der Waals surface area (Å²) in [5.41, 5.74) is -0.744. The van der Waals surface area contributed by atoms with Crippen LogP contribution in [0.3, 0.4) is 0 Å². The van der Waals surface area contributed by atoms with Gasteiger partial charge in [0.1, 0.15) is 0 Å². The summed E-state index contributed by atoms with van der Waals surface area (Å²) in [6.07, 6.45) is 1.40. The van der Waals surface area contributed by atoms with E-state index in [1.807, 2.05) is 6.92 Å². The molecule has 0 radical (unpaired) electrons. The fraction of sp³-hybridized carbons (Fsp3) is 0.800. The van der Waals surface area contributed by atoms with E-state index in [1.165, 1.54) is 0 Å². The Morgan fingerprint density at radius 1 is 1.36 bits per heavy atom. The van der Waals surface area contributed by atoms with E-state index in [-0.39, 0.29) is 11.8 Å². The first-order valence-corrected chi connectivity index (χ1v) is 4.84. The molecule has 1 aliphatic rings. The minimum absolute atomic E-state index is 0.0742. The van der Waals surface area contributed by atoms with Crippen molar-refractivity contribution >= 4 is 11.9 Å². The third kappa shape index (κ3) is 1.74. The van der Waals surface area contributed by atoms with Crippen molar-refractivity contribution in [3.63, 3.8) is 0 Å². The lowest BCUT2D eigenvalue weighted by Crippen LogP contribution is -2.40. The Hall–Kier alpha value is -1.06. The van der Waals surface area contributed by atoms with Crippen LogP contribution >= 0.6 is 0 Å². The number of aliphatic carboxylic acids is 2. The molecule has 1 unspecified atom stereocenters. The summed E-state index contributed by atoms with van der Waals surface area (Å²) in [5.74, 6) is -2.05.